The molecule has 0 aliphatic carbocycles. The van der Waals surface area contributed by atoms with Crippen LogP contribution in [0.5, 0.6) is 0 Å². The summed E-state index contributed by atoms with van der Waals surface area (Å²) in [6.07, 6.45) is 4.68. The van der Waals surface area contributed by atoms with Gasteiger partial charge in [-0.15, -0.1) is 0 Å². The van der Waals surface area contributed by atoms with Crippen molar-refractivity contribution in [2.45, 2.75) is 44.9 Å². The van der Waals surface area contributed by atoms with E-state index >= 15 is 0 Å². The highest BCUT2D eigenvalue weighted by Gasteiger charge is 2.31. The topological polar surface area (TPSA) is 58.0 Å². The van der Waals surface area contributed by atoms with Gasteiger partial charge in [-0.3, -0.25) is 9.97 Å². The molecule has 4 heteroatoms. The summed E-state index contributed by atoms with van der Waals surface area (Å²) in [5.74, 6) is 0. The number of aliphatic hydroxyl groups is 1. The number of pyridine rings is 2. The summed E-state index contributed by atoms with van der Waals surface area (Å²) in [6, 6.07) is 8.15. The van der Waals surface area contributed by atoms with E-state index in [-0.39, 0.29) is 18.2 Å². The van der Waals surface area contributed by atoms with Crippen molar-refractivity contribution >= 4 is 0 Å². The Bertz CT molecular complexity index is 575. The molecule has 2 aromatic heterocycles. The Hall–Kier alpha value is -1.78. The molecule has 1 fully saturated rings. The maximum Gasteiger partial charge on any atom is 0.0603 e. The van der Waals surface area contributed by atoms with E-state index < -0.39 is 0 Å². The summed E-state index contributed by atoms with van der Waals surface area (Å²) >= 11 is 0. The van der Waals surface area contributed by atoms with Gasteiger partial charge in [0, 0.05) is 12.4 Å². The highest BCUT2D eigenvalue weighted by Crippen LogP contribution is 2.33. The van der Waals surface area contributed by atoms with Gasteiger partial charge < -0.3 is 10.4 Å². The molecule has 0 unspecified atom stereocenters. The van der Waals surface area contributed by atoms with E-state index in [1.54, 1.807) is 0 Å². The zero-order chi connectivity index (χ0) is 14.8. The summed E-state index contributed by atoms with van der Waals surface area (Å²) in [7, 11) is 0. The second-order valence-electron chi connectivity index (χ2n) is 5.81. The van der Waals surface area contributed by atoms with Crippen molar-refractivity contribution in [2.75, 3.05) is 0 Å². The van der Waals surface area contributed by atoms with E-state index in [2.05, 4.69) is 41.3 Å². The third-order valence-electron chi connectivity index (χ3n) is 4.18. The average molecular weight is 283 g/mol. The Balaban J connectivity index is 1.89. The molecule has 0 bridgehead atoms. The quantitative estimate of drug-likeness (QED) is 0.889. The third kappa shape index (κ3) is 2.96. The van der Waals surface area contributed by atoms with Crippen molar-refractivity contribution in [3.8, 4) is 0 Å². The van der Waals surface area contributed by atoms with Gasteiger partial charge in [-0.1, -0.05) is 12.1 Å². The first-order valence-electron chi connectivity index (χ1n) is 7.42. The first-order chi connectivity index (χ1) is 10.1. The second kappa shape index (κ2) is 5.92. The van der Waals surface area contributed by atoms with Gasteiger partial charge in [-0.05, 0) is 49.9 Å². The molecule has 1 aliphatic heterocycles. The number of piperidine rings is 1. The van der Waals surface area contributed by atoms with Crippen molar-refractivity contribution < 1.29 is 5.11 Å². The number of hydrogen-bond acceptors (Lipinski definition) is 4. The number of nitrogens with one attached hydrogen (secondary N) is 1. The summed E-state index contributed by atoms with van der Waals surface area (Å²) in [6.45, 7) is 4.12. The van der Waals surface area contributed by atoms with Crippen LogP contribution in [0.4, 0.5) is 0 Å². The molecule has 0 radical (unpaired) electrons. The van der Waals surface area contributed by atoms with E-state index in [9.17, 15) is 5.11 Å². The fourth-order valence-corrected chi connectivity index (χ4v) is 3.13. The van der Waals surface area contributed by atoms with Gasteiger partial charge in [0.25, 0.3) is 0 Å². The Morgan fingerprint density at radius 3 is 1.86 bits per heavy atom. The molecule has 2 aromatic rings. The Morgan fingerprint density at radius 2 is 1.43 bits per heavy atom. The molecule has 4 nitrogen and oxygen atoms in total. The minimum absolute atomic E-state index is 0.0707. The van der Waals surface area contributed by atoms with Crippen LogP contribution in [-0.4, -0.2) is 21.2 Å². The number of nitrogens with zero attached hydrogens (tertiary/aromatic N) is 2. The minimum Gasteiger partial charge on any atom is -0.393 e. The van der Waals surface area contributed by atoms with Gasteiger partial charge in [-0.25, -0.2) is 0 Å². The van der Waals surface area contributed by atoms with Crippen LogP contribution < -0.4 is 5.32 Å². The summed E-state index contributed by atoms with van der Waals surface area (Å²) < 4.78 is 0. The van der Waals surface area contributed by atoms with E-state index in [0.717, 1.165) is 22.5 Å². The molecule has 0 aromatic carbocycles. The predicted molar refractivity (Wildman–Crippen MR) is 81.8 cm³/mol. The molecule has 0 amide bonds. The zero-order valence-electron chi connectivity index (χ0n) is 12.5. The predicted octanol–water partition coefficient (Wildman–Crippen LogP) is 2.62. The molecule has 3 atom stereocenters. The molecule has 0 saturated carbocycles. The number of aromatic nitrogens is 2. The van der Waals surface area contributed by atoms with E-state index in [1.807, 2.05) is 24.5 Å². The second-order valence-corrected chi connectivity index (χ2v) is 5.81. The van der Waals surface area contributed by atoms with Crippen LogP contribution in [0.1, 0.15) is 47.4 Å². The third-order valence-corrected chi connectivity index (χ3v) is 4.18. The summed E-state index contributed by atoms with van der Waals surface area (Å²) in [5, 5.41) is 13.9. The largest absolute Gasteiger partial charge is 0.393 e. The standard InChI is InChI=1S/C17H21N3O/c1-11-5-3-7-18-16(11)14-9-13(21)10-15(20-14)17-12(2)6-4-8-19-17/h3-8,13-15,20-21H,9-10H2,1-2H3/t13-,14-,15+. The van der Waals surface area contributed by atoms with Crippen LogP contribution in [0.25, 0.3) is 0 Å². The van der Waals surface area contributed by atoms with Gasteiger partial charge in [0.15, 0.2) is 0 Å². The number of rotatable bonds is 2. The van der Waals surface area contributed by atoms with E-state index in [4.69, 9.17) is 0 Å². The summed E-state index contributed by atoms with van der Waals surface area (Å²) in [4.78, 5) is 8.99. The lowest BCUT2D eigenvalue weighted by Gasteiger charge is -2.34. The molecule has 3 heterocycles. The van der Waals surface area contributed by atoms with Crippen molar-refractivity contribution in [2.24, 2.45) is 0 Å². The van der Waals surface area contributed by atoms with Crippen molar-refractivity contribution in [1.82, 2.24) is 15.3 Å². The lowest BCUT2D eigenvalue weighted by atomic mass is 9.89. The molecule has 1 aliphatic rings. The summed E-state index contributed by atoms with van der Waals surface area (Å²) in [5.41, 5.74) is 4.35. The Morgan fingerprint density at radius 1 is 0.952 bits per heavy atom. The normalized spacial score (nSPS) is 25.8. The van der Waals surface area contributed by atoms with Crippen LogP contribution in [0.3, 0.4) is 0 Å². The maximum atomic E-state index is 10.3. The fraction of sp³-hybridized carbons (Fsp3) is 0.412. The zero-order valence-corrected chi connectivity index (χ0v) is 12.5. The number of aliphatic hydroxyl groups excluding tert-OH is 1. The van der Waals surface area contributed by atoms with Gasteiger partial charge in [-0.2, -0.15) is 0 Å². The van der Waals surface area contributed by atoms with Gasteiger partial charge in [0.2, 0.25) is 0 Å². The van der Waals surface area contributed by atoms with Crippen LogP contribution in [-0.2, 0) is 0 Å². The van der Waals surface area contributed by atoms with Crippen molar-refractivity contribution in [3.63, 3.8) is 0 Å². The lowest BCUT2D eigenvalue weighted by molar-refractivity contribution is 0.0910. The first-order valence-corrected chi connectivity index (χ1v) is 7.42. The molecule has 110 valence electrons. The molecule has 21 heavy (non-hydrogen) atoms. The molecular weight excluding hydrogens is 262 g/mol. The fourth-order valence-electron chi connectivity index (χ4n) is 3.13. The Kier molecular flexibility index (Phi) is 3.99. The lowest BCUT2D eigenvalue weighted by Crippen LogP contribution is -2.38. The monoisotopic (exact) mass is 283 g/mol. The molecule has 0 spiro atoms. The van der Waals surface area contributed by atoms with Crippen LogP contribution in [0.2, 0.25) is 0 Å². The van der Waals surface area contributed by atoms with Gasteiger partial charge >= 0.3 is 0 Å². The SMILES string of the molecule is Cc1cccnc1[C@@H]1C[C@H](O)C[C@H](c2ncccc2C)N1. The highest BCUT2D eigenvalue weighted by atomic mass is 16.3. The maximum absolute atomic E-state index is 10.3. The van der Waals surface area contributed by atoms with Crippen LogP contribution in [0.15, 0.2) is 36.7 Å². The first kappa shape index (κ1) is 14.2. The van der Waals surface area contributed by atoms with E-state index in [1.165, 1.54) is 0 Å². The number of hydrogen-bond donors (Lipinski definition) is 2. The molecule has 2 N–H and O–H groups in total. The smallest absolute Gasteiger partial charge is 0.0603 e. The average Bonchev–Trinajstić information content (AvgIpc) is 2.47. The van der Waals surface area contributed by atoms with Crippen LogP contribution in [0, 0.1) is 13.8 Å². The van der Waals surface area contributed by atoms with Crippen LogP contribution >= 0.6 is 0 Å². The van der Waals surface area contributed by atoms with Gasteiger partial charge in [0.1, 0.15) is 0 Å². The van der Waals surface area contributed by atoms with Crippen molar-refractivity contribution in [3.05, 3.63) is 59.2 Å². The van der Waals surface area contributed by atoms with Gasteiger partial charge in [0.05, 0.1) is 29.6 Å². The van der Waals surface area contributed by atoms with Crippen molar-refractivity contribution in [1.29, 1.82) is 0 Å². The molecule has 3 rings (SSSR count). The Labute approximate surface area is 125 Å². The van der Waals surface area contributed by atoms with E-state index in [0.29, 0.717) is 12.8 Å². The minimum atomic E-state index is -0.330. The highest BCUT2D eigenvalue weighted by molar-refractivity contribution is 5.25. The number of aryl methyl sites for hydroxylation is 2. The molecule has 1 saturated heterocycles. The molecular formula is C17H21N3O.